The molecule has 0 bridgehead atoms. The van der Waals surface area contributed by atoms with E-state index < -0.39 is 5.60 Å². The summed E-state index contributed by atoms with van der Waals surface area (Å²) in [6.07, 6.45) is 2.09. The first-order valence-corrected chi connectivity index (χ1v) is 7.27. The molecule has 1 atom stereocenters. The fraction of sp³-hybridized carbons (Fsp3) is 0.857. The Bertz CT molecular complexity index is 387. The van der Waals surface area contributed by atoms with Crippen molar-refractivity contribution in [1.29, 1.82) is 0 Å². The Morgan fingerprint density at radius 2 is 1.75 bits per heavy atom. The van der Waals surface area contributed by atoms with Crippen molar-refractivity contribution in [3.8, 4) is 0 Å². The molecule has 0 spiro atoms. The Hall–Kier alpha value is -1.30. The van der Waals surface area contributed by atoms with E-state index in [1.54, 1.807) is 35.7 Å². The van der Waals surface area contributed by atoms with E-state index in [-0.39, 0.29) is 17.9 Å². The van der Waals surface area contributed by atoms with E-state index in [0.29, 0.717) is 32.6 Å². The van der Waals surface area contributed by atoms with E-state index in [2.05, 4.69) is 0 Å². The maximum atomic E-state index is 12.4. The molecule has 6 nitrogen and oxygen atoms in total. The van der Waals surface area contributed by atoms with Crippen LogP contribution in [0.5, 0.6) is 0 Å². The number of hydrogen-bond acceptors (Lipinski definition) is 3. The van der Waals surface area contributed by atoms with Crippen LogP contribution in [-0.4, -0.2) is 77.6 Å². The predicted molar refractivity (Wildman–Crippen MR) is 75.2 cm³/mol. The lowest BCUT2D eigenvalue weighted by atomic mass is 9.95. The molecule has 2 aliphatic rings. The summed E-state index contributed by atoms with van der Waals surface area (Å²) in [4.78, 5) is 29.4. The van der Waals surface area contributed by atoms with Crippen molar-refractivity contribution in [3.05, 3.63) is 0 Å². The van der Waals surface area contributed by atoms with E-state index in [1.165, 1.54) is 0 Å². The third-order valence-electron chi connectivity index (χ3n) is 4.26. The molecule has 1 N–H and O–H groups in total. The number of nitrogens with zero attached hydrogens (tertiary/aromatic N) is 3. The standard InChI is InChI=1S/C14H25N3O3/c1-14(20)6-9-17(10-14)12(18)11-4-7-16(8-5-11)13(19)15(2)3/h11,20H,4-10H2,1-3H3. The quantitative estimate of drug-likeness (QED) is 0.756. The number of carbonyl (C=O) groups is 2. The van der Waals surface area contributed by atoms with Crippen LogP contribution in [0.3, 0.4) is 0 Å². The topological polar surface area (TPSA) is 64.1 Å². The SMILES string of the molecule is CN(C)C(=O)N1CCC(C(=O)N2CCC(C)(O)C2)CC1. The lowest BCUT2D eigenvalue weighted by Gasteiger charge is -2.34. The van der Waals surface area contributed by atoms with Crippen molar-refractivity contribution in [3.63, 3.8) is 0 Å². The molecule has 2 fully saturated rings. The molecular weight excluding hydrogens is 258 g/mol. The molecule has 1 unspecified atom stereocenters. The number of likely N-dealkylation sites (tertiary alicyclic amines) is 2. The van der Waals surface area contributed by atoms with Gasteiger partial charge in [0, 0.05) is 46.2 Å². The molecule has 0 saturated carbocycles. The highest BCUT2D eigenvalue weighted by Crippen LogP contribution is 2.26. The van der Waals surface area contributed by atoms with Gasteiger partial charge in [-0.3, -0.25) is 4.79 Å². The van der Waals surface area contributed by atoms with Gasteiger partial charge in [-0.1, -0.05) is 0 Å². The molecule has 20 heavy (non-hydrogen) atoms. The lowest BCUT2D eigenvalue weighted by molar-refractivity contribution is -0.136. The molecule has 0 aromatic carbocycles. The summed E-state index contributed by atoms with van der Waals surface area (Å²) in [5.41, 5.74) is -0.739. The Balaban J connectivity index is 1.85. The summed E-state index contributed by atoms with van der Waals surface area (Å²) >= 11 is 0. The van der Waals surface area contributed by atoms with Gasteiger partial charge < -0.3 is 19.8 Å². The zero-order valence-corrected chi connectivity index (χ0v) is 12.6. The number of piperidine rings is 1. The van der Waals surface area contributed by atoms with Gasteiger partial charge in [0.2, 0.25) is 5.91 Å². The van der Waals surface area contributed by atoms with Crippen LogP contribution in [0.1, 0.15) is 26.2 Å². The van der Waals surface area contributed by atoms with Crippen LogP contribution in [0.2, 0.25) is 0 Å². The number of rotatable bonds is 1. The molecule has 0 aromatic rings. The summed E-state index contributed by atoms with van der Waals surface area (Å²) in [7, 11) is 3.48. The third-order valence-corrected chi connectivity index (χ3v) is 4.26. The lowest BCUT2D eigenvalue weighted by Crippen LogP contribution is -2.47. The second-order valence-electron chi connectivity index (χ2n) is 6.45. The minimum absolute atomic E-state index is 0.00453. The molecule has 0 radical (unpaired) electrons. The van der Waals surface area contributed by atoms with E-state index in [4.69, 9.17) is 0 Å². The minimum Gasteiger partial charge on any atom is -0.388 e. The summed E-state index contributed by atoms with van der Waals surface area (Å²) in [5.74, 6) is 0.134. The summed E-state index contributed by atoms with van der Waals surface area (Å²) in [5, 5.41) is 9.94. The molecular formula is C14H25N3O3. The Morgan fingerprint density at radius 3 is 2.20 bits per heavy atom. The van der Waals surface area contributed by atoms with E-state index in [1.807, 2.05) is 0 Å². The maximum Gasteiger partial charge on any atom is 0.319 e. The van der Waals surface area contributed by atoms with Gasteiger partial charge in [-0.15, -0.1) is 0 Å². The van der Waals surface area contributed by atoms with Crippen molar-refractivity contribution in [2.24, 2.45) is 5.92 Å². The van der Waals surface area contributed by atoms with Gasteiger partial charge in [-0.05, 0) is 26.2 Å². The number of hydrogen-bond donors (Lipinski definition) is 1. The summed E-state index contributed by atoms with van der Waals surface area (Å²) in [6, 6.07) is 0.0139. The minimum atomic E-state index is -0.739. The Morgan fingerprint density at radius 1 is 1.15 bits per heavy atom. The fourth-order valence-electron chi connectivity index (χ4n) is 2.99. The van der Waals surface area contributed by atoms with Crippen LogP contribution >= 0.6 is 0 Å². The molecule has 2 rings (SSSR count). The van der Waals surface area contributed by atoms with Gasteiger partial charge >= 0.3 is 6.03 Å². The van der Waals surface area contributed by atoms with E-state index in [0.717, 1.165) is 12.8 Å². The van der Waals surface area contributed by atoms with Crippen LogP contribution in [0.4, 0.5) is 4.79 Å². The molecule has 2 saturated heterocycles. The first-order chi connectivity index (χ1) is 9.30. The largest absolute Gasteiger partial charge is 0.388 e. The second-order valence-corrected chi connectivity index (χ2v) is 6.45. The van der Waals surface area contributed by atoms with Gasteiger partial charge in [-0.25, -0.2) is 4.79 Å². The van der Waals surface area contributed by atoms with Crippen LogP contribution in [0.25, 0.3) is 0 Å². The number of aliphatic hydroxyl groups is 1. The second kappa shape index (κ2) is 5.60. The zero-order chi connectivity index (χ0) is 14.9. The Labute approximate surface area is 120 Å². The number of amides is 3. The van der Waals surface area contributed by atoms with E-state index >= 15 is 0 Å². The van der Waals surface area contributed by atoms with Gasteiger partial charge in [0.1, 0.15) is 0 Å². The van der Waals surface area contributed by atoms with Crippen molar-refractivity contribution in [2.75, 3.05) is 40.3 Å². The normalized spacial score (nSPS) is 27.8. The van der Waals surface area contributed by atoms with Crippen LogP contribution in [0, 0.1) is 5.92 Å². The molecule has 3 amide bonds. The molecule has 6 heteroatoms. The van der Waals surface area contributed by atoms with Crippen molar-refractivity contribution in [2.45, 2.75) is 31.8 Å². The molecule has 0 aliphatic carbocycles. The highest BCUT2D eigenvalue weighted by atomic mass is 16.3. The van der Waals surface area contributed by atoms with Gasteiger partial charge in [0.15, 0.2) is 0 Å². The average Bonchev–Trinajstić information content (AvgIpc) is 2.77. The molecule has 114 valence electrons. The van der Waals surface area contributed by atoms with Crippen LogP contribution in [0.15, 0.2) is 0 Å². The summed E-state index contributed by atoms with van der Waals surface area (Å²) < 4.78 is 0. The highest BCUT2D eigenvalue weighted by molar-refractivity contribution is 5.80. The zero-order valence-electron chi connectivity index (χ0n) is 12.6. The molecule has 2 aliphatic heterocycles. The van der Waals surface area contributed by atoms with Crippen molar-refractivity contribution < 1.29 is 14.7 Å². The van der Waals surface area contributed by atoms with Gasteiger partial charge in [0.05, 0.1) is 5.60 Å². The van der Waals surface area contributed by atoms with Gasteiger partial charge in [-0.2, -0.15) is 0 Å². The predicted octanol–water partition coefficient (Wildman–Crippen LogP) is 0.363. The van der Waals surface area contributed by atoms with Crippen LogP contribution in [-0.2, 0) is 4.79 Å². The van der Waals surface area contributed by atoms with Crippen molar-refractivity contribution >= 4 is 11.9 Å². The number of urea groups is 1. The monoisotopic (exact) mass is 283 g/mol. The fourth-order valence-corrected chi connectivity index (χ4v) is 2.99. The average molecular weight is 283 g/mol. The van der Waals surface area contributed by atoms with E-state index in [9.17, 15) is 14.7 Å². The smallest absolute Gasteiger partial charge is 0.319 e. The summed E-state index contributed by atoms with van der Waals surface area (Å²) in [6.45, 7) is 4.12. The molecule has 2 heterocycles. The van der Waals surface area contributed by atoms with Gasteiger partial charge in [0.25, 0.3) is 0 Å². The number of β-amino-alcohol motifs (C(OH)–C–C–N with tert-alkyl or cyclic N) is 1. The first-order valence-electron chi connectivity index (χ1n) is 7.27. The van der Waals surface area contributed by atoms with Crippen molar-refractivity contribution in [1.82, 2.24) is 14.7 Å². The van der Waals surface area contributed by atoms with Crippen LogP contribution < -0.4 is 0 Å². The highest BCUT2D eigenvalue weighted by Gasteiger charge is 2.37. The Kier molecular flexibility index (Phi) is 4.22. The first kappa shape index (κ1) is 15.1. The molecule has 0 aromatic heterocycles. The number of carbonyl (C=O) groups excluding carboxylic acids is 2. The maximum absolute atomic E-state index is 12.4. The third kappa shape index (κ3) is 3.23.